The van der Waals surface area contributed by atoms with Crippen LogP contribution >= 0.6 is 0 Å². The third-order valence-corrected chi connectivity index (χ3v) is 6.99. The number of nitrogens with one attached hydrogen (secondary N) is 1. The number of nitrogens with zero attached hydrogens (tertiary/aromatic N) is 3. The van der Waals surface area contributed by atoms with Crippen molar-refractivity contribution in [3.8, 4) is 5.75 Å². The molecule has 2 aliphatic rings. The average Bonchev–Trinajstić information content (AvgIpc) is 3.61. The Morgan fingerprint density at radius 1 is 1.29 bits per heavy atom. The minimum Gasteiger partial charge on any atom is -0.493 e. The van der Waals surface area contributed by atoms with E-state index in [0.29, 0.717) is 23.8 Å². The van der Waals surface area contributed by atoms with Crippen molar-refractivity contribution in [2.24, 2.45) is 17.8 Å². The summed E-state index contributed by atoms with van der Waals surface area (Å²) in [5, 5.41) is 11.6. The van der Waals surface area contributed by atoms with E-state index in [1.165, 1.54) is 25.3 Å². The standard InChI is InChI=1S/C26H35FN4O3/c1-17-14-28-26(29-15-17)31-8-5-19(6-9-31)23-11-20(23)7-10-34-22-4-3-21(24(27)13-22)12-25(33)30-18(2)16-32/h3-4,13-15,18-20,23,32H,5-12,16H2,1-2H3,(H,30,33)/t18-,20-,23-/m1/s1. The summed E-state index contributed by atoms with van der Waals surface area (Å²) in [4.78, 5) is 23.1. The van der Waals surface area contributed by atoms with Crippen LogP contribution in [0.25, 0.3) is 0 Å². The van der Waals surface area contributed by atoms with Gasteiger partial charge in [0.1, 0.15) is 11.6 Å². The van der Waals surface area contributed by atoms with E-state index in [1.807, 2.05) is 19.3 Å². The molecule has 3 atom stereocenters. The molecule has 2 heterocycles. The van der Waals surface area contributed by atoms with Crippen molar-refractivity contribution in [2.45, 2.75) is 52.0 Å². The Morgan fingerprint density at radius 3 is 2.71 bits per heavy atom. The first-order chi connectivity index (χ1) is 16.4. The largest absolute Gasteiger partial charge is 0.493 e. The number of aryl methyl sites for hydroxylation is 1. The molecule has 34 heavy (non-hydrogen) atoms. The van der Waals surface area contributed by atoms with E-state index in [1.54, 1.807) is 19.1 Å². The number of hydrogen-bond donors (Lipinski definition) is 2. The van der Waals surface area contributed by atoms with Crippen LogP contribution in [0.4, 0.5) is 10.3 Å². The predicted molar refractivity (Wildman–Crippen MR) is 128 cm³/mol. The normalized spacial score (nSPS) is 21.2. The average molecular weight is 471 g/mol. The summed E-state index contributed by atoms with van der Waals surface area (Å²) in [5.41, 5.74) is 1.40. The number of piperidine rings is 1. The highest BCUT2D eigenvalue weighted by Crippen LogP contribution is 2.49. The Morgan fingerprint density at radius 2 is 2.03 bits per heavy atom. The molecule has 1 amide bonds. The van der Waals surface area contributed by atoms with Crippen LogP contribution < -0.4 is 15.0 Å². The van der Waals surface area contributed by atoms with Gasteiger partial charge >= 0.3 is 0 Å². The number of aromatic nitrogens is 2. The van der Waals surface area contributed by atoms with Crippen molar-refractivity contribution >= 4 is 11.9 Å². The second-order valence-electron chi connectivity index (χ2n) is 9.76. The molecule has 2 aromatic rings. The molecular formula is C26H35FN4O3. The smallest absolute Gasteiger partial charge is 0.225 e. The number of aliphatic hydroxyl groups excluding tert-OH is 1. The maximum Gasteiger partial charge on any atom is 0.225 e. The Hall–Kier alpha value is -2.74. The van der Waals surface area contributed by atoms with Crippen LogP contribution in [0.5, 0.6) is 5.75 Å². The van der Waals surface area contributed by atoms with E-state index >= 15 is 0 Å². The molecular weight excluding hydrogens is 435 g/mol. The van der Waals surface area contributed by atoms with Crippen LogP contribution in [0, 0.1) is 30.5 Å². The van der Waals surface area contributed by atoms with Gasteiger partial charge in [-0.15, -0.1) is 0 Å². The SMILES string of the molecule is Cc1cnc(N2CCC([C@H]3C[C@H]3CCOc3ccc(CC(=O)N[C@H](C)CO)c(F)c3)CC2)nc1. The zero-order chi connectivity index (χ0) is 24.1. The number of anilines is 1. The van der Waals surface area contributed by atoms with Crippen LogP contribution in [0.2, 0.25) is 0 Å². The van der Waals surface area contributed by atoms with Crippen LogP contribution in [-0.4, -0.2) is 53.3 Å². The zero-order valence-corrected chi connectivity index (χ0v) is 20.0. The minimum atomic E-state index is -0.446. The van der Waals surface area contributed by atoms with Gasteiger partial charge in [-0.25, -0.2) is 14.4 Å². The Balaban J connectivity index is 1.16. The van der Waals surface area contributed by atoms with Crippen molar-refractivity contribution in [3.63, 3.8) is 0 Å². The lowest BCUT2D eigenvalue weighted by Gasteiger charge is -2.32. The Bertz CT molecular complexity index is 963. The highest BCUT2D eigenvalue weighted by atomic mass is 19.1. The molecule has 0 radical (unpaired) electrons. The topological polar surface area (TPSA) is 87.6 Å². The molecule has 1 saturated carbocycles. The summed E-state index contributed by atoms with van der Waals surface area (Å²) >= 11 is 0. The summed E-state index contributed by atoms with van der Waals surface area (Å²) in [7, 11) is 0. The number of aliphatic hydroxyl groups is 1. The van der Waals surface area contributed by atoms with E-state index in [0.717, 1.165) is 42.9 Å². The molecule has 1 aliphatic carbocycles. The van der Waals surface area contributed by atoms with Crippen LogP contribution in [0.15, 0.2) is 30.6 Å². The lowest BCUT2D eigenvalue weighted by Crippen LogP contribution is -2.36. The third kappa shape index (κ3) is 6.44. The fourth-order valence-corrected chi connectivity index (χ4v) is 4.89. The number of hydrogen-bond acceptors (Lipinski definition) is 6. The predicted octanol–water partition coefficient (Wildman–Crippen LogP) is 3.29. The van der Waals surface area contributed by atoms with Crippen molar-refractivity contribution in [3.05, 3.63) is 47.5 Å². The van der Waals surface area contributed by atoms with Crippen LogP contribution in [-0.2, 0) is 11.2 Å². The van der Waals surface area contributed by atoms with Gasteiger partial charge in [0.2, 0.25) is 11.9 Å². The molecule has 1 aliphatic heterocycles. The number of carbonyl (C=O) groups excluding carboxylic acids is 1. The van der Waals surface area contributed by atoms with E-state index in [9.17, 15) is 9.18 Å². The highest BCUT2D eigenvalue weighted by Gasteiger charge is 2.43. The third-order valence-electron chi connectivity index (χ3n) is 6.99. The molecule has 0 unspecified atom stereocenters. The summed E-state index contributed by atoms with van der Waals surface area (Å²) in [6, 6.07) is 4.32. The van der Waals surface area contributed by atoms with Crippen LogP contribution in [0.1, 0.15) is 43.7 Å². The van der Waals surface area contributed by atoms with Gasteiger partial charge in [-0.2, -0.15) is 0 Å². The summed E-state index contributed by atoms with van der Waals surface area (Å²) < 4.78 is 20.2. The van der Waals surface area contributed by atoms with Gasteiger partial charge in [0, 0.05) is 37.6 Å². The van der Waals surface area contributed by atoms with Crippen molar-refractivity contribution in [2.75, 3.05) is 31.2 Å². The van der Waals surface area contributed by atoms with Gasteiger partial charge in [-0.1, -0.05) is 6.07 Å². The lowest BCUT2D eigenvalue weighted by molar-refractivity contribution is -0.121. The Labute approximate surface area is 200 Å². The molecule has 184 valence electrons. The Kier molecular flexibility index (Phi) is 7.98. The number of benzene rings is 1. The molecule has 1 aromatic heterocycles. The van der Waals surface area contributed by atoms with E-state index in [-0.39, 0.29) is 25.0 Å². The second-order valence-corrected chi connectivity index (χ2v) is 9.76. The fourth-order valence-electron chi connectivity index (χ4n) is 4.89. The molecule has 2 fully saturated rings. The van der Waals surface area contributed by atoms with E-state index in [2.05, 4.69) is 20.2 Å². The summed E-state index contributed by atoms with van der Waals surface area (Å²) in [6.07, 6.45) is 8.28. The van der Waals surface area contributed by atoms with Gasteiger partial charge < -0.3 is 20.1 Å². The van der Waals surface area contributed by atoms with Crippen LogP contribution in [0.3, 0.4) is 0 Å². The first-order valence-electron chi connectivity index (χ1n) is 12.3. The molecule has 0 spiro atoms. The molecule has 7 nitrogen and oxygen atoms in total. The molecule has 0 bridgehead atoms. The second kappa shape index (κ2) is 11.1. The van der Waals surface area contributed by atoms with Crippen molar-refractivity contribution in [1.82, 2.24) is 15.3 Å². The number of halogens is 1. The molecule has 8 heteroatoms. The maximum atomic E-state index is 14.4. The van der Waals surface area contributed by atoms with Gasteiger partial charge in [-0.3, -0.25) is 4.79 Å². The van der Waals surface area contributed by atoms with Crippen molar-refractivity contribution in [1.29, 1.82) is 0 Å². The summed E-state index contributed by atoms with van der Waals surface area (Å²) in [6.45, 7) is 6.14. The minimum absolute atomic E-state index is 0.0605. The maximum absolute atomic E-state index is 14.4. The lowest BCUT2D eigenvalue weighted by atomic mass is 9.90. The molecule has 4 rings (SSSR count). The monoisotopic (exact) mass is 470 g/mol. The highest BCUT2D eigenvalue weighted by molar-refractivity contribution is 5.78. The first kappa shape index (κ1) is 24.4. The number of rotatable bonds is 10. The number of ether oxygens (including phenoxy) is 1. The van der Waals surface area contributed by atoms with Gasteiger partial charge in [0.05, 0.1) is 19.6 Å². The number of carbonyl (C=O) groups is 1. The molecule has 2 N–H and O–H groups in total. The van der Waals surface area contributed by atoms with Crippen molar-refractivity contribution < 1.29 is 19.0 Å². The quantitative estimate of drug-likeness (QED) is 0.554. The van der Waals surface area contributed by atoms with E-state index < -0.39 is 5.82 Å². The van der Waals surface area contributed by atoms with Gasteiger partial charge in [-0.05, 0) is 74.5 Å². The number of amides is 1. The fraction of sp³-hybridized carbons (Fsp3) is 0.577. The first-order valence-corrected chi connectivity index (χ1v) is 12.3. The van der Waals surface area contributed by atoms with E-state index in [4.69, 9.17) is 9.84 Å². The zero-order valence-electron chi connectivity index (χ0n) is 20.0. The van der Waals surface area contributed by atoms with Gasteiger partial charge in [0.25, 0.3) is 0 Å². The molecule has 1 saturated heterocycles. The molecule has 1 aromatic carbocycles. The van der Waals surface area contributed by atoms with Gasteiger partial charge in [0.15, 0.2) is 0 Å². The summed E-state index contributed by atoms with van der Waals surface area (Å²) in [5.74, 6) is 2.78.